The molecule has 0 aromatic heterocycles. The lowest BCUT2D eigenvalue weighted by Crippen LogP contribution is -2.49. The van der Waals surface area contributed by atoms with E-state index in [4.69, 9.17) is 21.1 Å². The van der Waals surface area contributed by atoms with Crippen molar-refractivity contribution >= 4 is 17.5 Å². The van der Waals surface area contributed by atoms with Crippen LogP contribution in [0.3, 0.4) is 0 Å². The van der Waals surface area contributed by atoms with Crippen LogP contribution in [0.25, 0.3) is 0 Å². The van der Waals surface area contributed by atoms with E-state index in [1.165, 1.54) is 5.56 Å². The second-order valence-corrected chi connectivity index (χ2v) is 10.1. The van der Waals surface area contributed by atoms with E-state index in [0.29, 0.717) is 37.4 Å². The Hall–Kier alpha value is -2.32. The van der Waals surface area contributed by atoms with Crippen LogP contribution in [0.4, 0.5) is 0 Å². The van der Waals surface area contributed by atoms with E-state index in [1.807, 2.05) is 24.3 Å². The highest BCUT2D eigenvalue weighted by molar-refractivity contribution is 6.30. The molecule has 2 fully saturated rings. The summed E-state index contributed by atoms with van der Waals surface area (Å²) in [6.45, 7) is 3.16. The number of rotatable bonds is 6. The summed E-state index contributed by atoms with van der Waals surface area (Å²) in [5.41, 5.74) is 1.46. The number of aliphatic hydroxyl groups is 2. The average Bonchev–Trinajstić information content (AvgIpc) is 3.42. The highest BCUT2D eigenvalue weighted by Crippen LogP contribution is 2.42. The number of hydrogen-bond donors (Lipinski definition) is 2. The van der Waals surface area contributed by atoms with Crippen molar-refractivity contribution in [1.82, 2.24) is 9.80 Å². The number of hydrogen-bond acceptors (Lipinski definition) is 6. The van der Waals surface area contributed by atoms with E-state index < -0.39 is 12.2 Å². The quantitative estimate of drug-likeness (QED) is 0.653. The lowest BCUT2D eigenvalue weighted by molar-refractivity contribution is -0.00201. The Labute approximate surface area is 204 Å². The molecule has 0 bridgehead atoms. The number of ether oxygens (including phenoxy) is 2. The van der Waals surface area contributed by atoms with Crippen molar-refractivity contribution in [1.29, 1.82) is 0 Å². The van der Waals surface area contributed by atoms with Crippen LogP contribution in [-0.4, -0.2) is 83.1 Å². The first-order valence-electron chi connectivity index (χ1n) is 12.0. The molecule has 0 saturated carbocycles. The summed E-state index contributed by atoms with van der Waals surface area (Å²) in [4.78, 5) is 16.7. The molecular formula is C26H31ClN2O5. The molecule has 3 heterocycles. The fourth-order valence-electron chi connectivity index (χ4n) is 5.23. The van der Waals surface area contributed by atoms with E-state index in [2.05, 4.69) is 4.90 Å². The number of carbonyl (C=O) groups is 1. The second-order valence-electron chi connectivity index (χ2n) is 9.67. The molecule has 0 aliphatic carbocycles. The van der Waals surface area contributed by atoms with Crippen LogP contribution >= 0.6 is 11.6 Å². The van der Waals surface area contributed by atoms with Crippen molar-refractivity contribution in [3.8, 4) is 11.5 Å². The lowest BCUT2D eigenvalue weighted by Gasteiger charge is -2.39. The van der Waals surface area contributed by atoms with Gasteiger partial charge in [-0.15, -0.1) is 0 Å². The van der Waals surface area contributed by atoms with E-state index in [0.717, 1.165) is 43.1 Å². The zero-order valence-electron chi connectivity index (χ0n) is 19.2. The summed E-state index contributed by atoms with van der Waals surface area (Å²) >= 11 is 6.14. The highest BCUT2D eigenvalue weighted by atomic mass is 35.5. The summed E-state index contributed by atoms with van der Waals surface area (Å²) in [6, 6.07) is 12.9. The van der Waals surface area contributed by atoms with Gasteiger partial charge in [-0.1, -0.05) is 23.7 Å². The Kier molecular flexibility index (Phi) is 6.71. The molecule has 1 amide bonds. The molecule has 1 spiro atoms. The SMILES string of the molecule is O=C(c1ccccc1OC[C@@H](O)CN1CCC2(CC1)Cc1cc(Cl)ccc1O2)N1CC[C@H](O)C1. The fourth-order valence-corrected chi connectivity index (χ4v) is 5.42. The van der Waals surface area contributed by atoms with E-state index in [-0.39, 0.29) is 18.1 Å². The Bertz CT molecular complexity index is 1040. The maximum absolute atomic E-state index is 12.8. The summed E-state index contributed by atoms with van der Waals surface area (Å²) in [7, 11) is 0. The maximum Gasteiger partial charge on any atom is 0.257 e. The van der Waals surface area contributed by atoms with Gasteiger partial charge in [0.25, 0.3) is 5.91 Å². The molecule has 0 unspecified atom stereocenters. The molecule has 7 nitrogen and oxygen atoms in total. The molecule has 3 aliphatic heterocycles. The topological polar surface area (TPSA) is 82.5 Å². The number of aliphatic hydroxyl groups excluding tert-OH is 2. The molecule has 2 aromatic rings. The molecule has 8 heteroatoms. The zero-order chi connectivity index (χ0) is 23.7. The average molecular weight is 487 g/mol. The predicted octanol–water partition coefficient (Wildman–Crippen LogP) is 2.76. The largest absolute Gasteiger partial charge is 0.490 e. The van der Waals surface area contributed by atoms with Gasteiger partial charge in [0, 0.05) is 57.0 Å². The molecule has 182 valence electrons. The van der Waals surface area contributed by atoms with Gasteiger partial charge in [0.15, 0.2) is 0 Å². The number of amides is 1. The van der Waals surface area contributed by atoms with Gasteiger partial charge in [-0.05, 0) is 42.3 Å². The third-order valence-corrected chi connectivity index (χ3v) is 7.33. The van der Waals surface area contributed by atoms with Gasteiger partial charge in [-0.3, -0.25) is 4.79 Å². The second kappa shape index (κ2) is 9.74. The van der Waals surface area contributed by atoms with Gasteiger partial charge in [0.2, 0.25) is 0 Å². The Balaban J connectivity index is 1.11. The van der Waals surface area contributed by atoms with Crippen LogP contribution in [0, 0.1) is 0 Å². The van der Waals surface area contributed by atoms with Crippen molar-refractivity contribution in [3.63, 3.8) is 0 Å². The number of nitrogens with zero attached hydrogens (tertiary/aromatic N) is 2. The van der Waals surface area contributed by atoms with E-state index in [9.17, 15) is 15.0 Å². The third kappa shape index (κ3) is 5.03. The number of fused-ring (bicyclic) bond motifs is 1. The molecule has 3 aliphatic rings. The first kappa shape index (κ1) is 23.4. The molecule has 0 radical (unpaired) electrons. The molecule has 34 heavy (non-hydrogen) atoms. The standard InChI is InChI=1S/C26H31ClN2O5/c27-19-5-6-23-18(13-19)14-26(34-23)8-11-28(12-9-26)15-21(31)17-33-24-4-2-1-3-22(24)25(32)29-10-7-20(30)16-29/h1-6,13,20-21,30-31H,7-12,14-17H2/t20-,21-/m0/s1. The number of benzene rings is 2. The van der Waals surface area contributed by atoms with Crippen molar-refractivity contribution in [2.75, 3.05) is 39.3 Å². The molecule has 2 saturated heterocycles. The van der Waals surface area contributed by atoms with Crippen LogP contribution in [-0.2, 0) is 6.42 Å². The molecule has 5 rings (SSSR count). The predicted molar refractivity (Wildman–Crippen MR) is 129 cm³/mol. The van der Waals surface area contributed by atoms with Gasteiger partial charge in [0.05, 0.1) is 11.7 Å². The summed E-state index contributed by atoms with van der Waals surface area (Å²) in [5, 5.41) is 21.1. The van der Waals surface area contributed by atoms with Gasteiger partial charge >= 0.3 is 0 Å². The van der Waals surface area contributed by atoms with Crippen molar-refractivity contribution < 1.29 is 24.5 Å². The Morgan fingerprint density at radius 2 is 2.00 bits per heavy atom. The van der Waals surface area contributed by atoms with Crippen LogP contribution in [0.2, 0.25) is 5.02 Å². The first-order valence-corrected chi connectivity index (χ1v) is 12.4. The van der Waals surface area contributed by atoms with Gasteiger partial charge < -0.3 is 29.5 Å². The Morgan fingerprint density at radius 1 is 1.21 bits per heavy atom. The van der Waals surface area contributed by atoms with Crippen LogP contribution in [0.1, 0.15) is 35.2 Å². The molecule has 2 atom stereocenters. The van der Waals surface area contributed by atoms with E-state index in [1.54, 1.807) is 23.1 Å². The maximum atomic E-state index is 12.8. The van der Waals surface area contributed by atoms with Crippen LogP contribution < -0.4 is 9.47 Å². The van der Waals surface area contributed by atoms with Crippen molar-refractivity contribution in [2.24, 2.45) is 0 Å². The Morgan fingerprint density at radius 3 is 2.76 bits per heavy atom. The molecule has 2 N–H and O–H groups in total. The zero-order valence-corrected chi connectivity index (χ0v) is 19.9. The number of halogens is 1. The fraction of sp³-hybridized carbons (Fsp3) is 0.500. The van der Waals surface area contributed by atoms with Gasteiger partial charge in [-0.25, -0.2) is 0 Å². The summed E-state index contributed by atoms with van der Waals surface area (Å²) < 4.78 is 12.2. The number of likely N-dealkylation sites (tertiary alicyclic amines) is 2. The number of para-hydroxylation sites is 1. The minimum absolute atomic E-state index is 0.106. The first-order chi connectivity index (χ1) is 16.4. The van der Waals surface area contributed by atoms with Crippen LogP contribution in [0.5, 0.6) is 11.5 Å². The van der Waals surface area contributed by atoms with E-state index >= 15 is 0 Å². The number of carbonyl (C=O) groups excluding carboxylic acids is 1. The van der Waals surface area contributed by atoms with Gasteiger partial charge in [-0.2, -0.15) is 0 Å². The normalized spacial score (nSPS) is 22.4. The van der Waals surface area contributed by atoms with Crippen molar-refractivity contribution in [2.45, 2.75) is 43.5 Å². The monoisotopic (exact) mass is 486 g/mol. The lowest BCUT2D eigenvalue weighted by atomic mass is 9.87. The van der Waals surface area contributed by atoms with Gasteiger partial charge in [0.1, 0.15) is 29.8 Å². The molecular weight excluding hydrogens is 456 g/mol. The minimum Gasteiger partial charge on any atom is -0.490 e. The molecule has 2 aromatic carbocycles. The number of piperidine rings is 1. The summed E-state index contributed by atoms with van der Waals surface area (Å²) in [5.74, 6) is 1.24. The number of β-amino-alcohol motifs (C(OH)–C–C–N with tert-alkyl or cyclic N) is 2. The third-order valence-electron chi connectivity index (χ3n) is 7.10. The van der Waals surface area contributed by atoms with Crippen LogP contribution in [0.15, 0.2) is 42.5 Å². The minimum atomic E-state index is -0.675. The summed E-state index contributed by atoms with van der Waals surface area (Å²) in [6.07, 6.45) is 2.12. The highest BCUT2D eigenvalue weighted by Gasteiger charge is 2.42. The van der Waals surface area contributed by atoms with Crippen molar-refractivity contribution in [3.05, 3.63) is 58.6 Å². The smallest absolute Gasteiger partial charge is 0.257 e.